The van der Waals surface area contributed by atoms with E-state index < -0.39 is 15.9 Å². The average Bonchev–Trinajstić information content (AvgIpc) is 3.06. The van der Waals surface area contributed by atoms with E-state index >= 15 is 0 Å². The van der Waals surface area contributed by atoms with Crippen molar-refractivity contribution in [2.24, 2.45) is 0 Å². The minimum atomic E-state index is -3.75. The third-order valence-corrected chi connectivity index (χ3v) is 4.98. The SMILES string of the molecule is Cc1cc(NC(=O)c2cccc(S(=O)(=O)NCc3ccccc3)c2)no1. The molecule has 0 saturated carbocycles. The van der Waals surface area contributed by atoms with Gasteiger partial charge in [-0.3, -0.25) is 4.79 Å². The van der Waals surface area contributed by atoms with Crippen molar-refractivity contribution in [2.75, 3.05) is 5.32 Å². The highest BCUT2D eigenvalue weighted by Gasteiger charge is 2.17. The van der Waals surface area contributed by atoms with E-state index in [-0.39, 0.29) is 22.8 Å². The molecular formula is C18H17N3O4S. The first kappa shape index (κ1) is 17.8. The van der Waals surface area contributed by atoms with Crippen molar-refractivity contribution in [3.05, 3.63) is 77.6 Å². The van der Waals surface area contributed by atoms with Crippen molar-refractivity contribution in [3.63, 3.8) is 0 Å². The minimum absolute atomic E-state index is 0.0115. The van der Waals surface area contributed by atoms with Gasteiger partial charge < -0.3 is 9.84 Å². The predicted octanol–water partition coefficient (Wildman–Crippen LogP) is 2.71. The zero-order valence-electron chi connectivity index (χ0n) is 14.0. The van der Waals surface area contributed by atoms with E-state index in [1.165, 1.54) is 24.3 Å². The first-order valence-electron chi connectivity index (χ1n) is 7.82. The molecule has 0 aliphatic heterocycles. The molecule has 0 bridgehead atoms. The van der Waals surface area contributed by atoms with Crippen LogP contribution in [0.1, 0.15) is 21.7 Å². The van der Waals surface area contributed by atoms with Crippen LogP contribution in [-0.4, -0.2) is 19.5 Å². The fourth-order valence-corrected chi connectivity index (χ4v) is 3.34. The Labute approximate surface area is 151 Å². The maximum absolute atomic E-state index is 12.5. The number of nitrogens with one attached hydrogen (secondary N) is 2. The highest BCUT2D eigenvalue weighted by molar-refractivity contribution is 7.89. The summed E-state index contributed by atoms with van der Waals surface area (Å²) in [5.74, 6) is 0.350. The molecule has 7 nitrogen and oxygen atoms in total. The molecule has 3 rings (SSSR count). The Kier molecular flexibility index (Phi) is 5.15. The number of hydrogen-bond acceptors (Lipinski definition) is 5. The lowest BCUT2D eigenvalue weighted by atomic mass is 10.2. The normalized spacial score (nSPS) is 11.3. The number of nitrogens with zero attached hydrogens (tertiary/aromatic N) is 1. The van der Waals surface area contributed by atoms with Gasteiger partial charge in [0.1, 0.15) is 5.76 Å². The van der Waals surface area contributed by atoms with E-state index in [2.05, 4.69) is 15.2 Å². The van der Waals surface area contributed by atoms with Gasteiger partial charge in [0, 0.05) is 18.2 Å². The van der Waals surface area contributed by atoms with E-state index in [0.717, 1.165) is 5.56 Å². The van der Waals surface area contributed by atoms with Gasteiger partial charge >= 0.3 is 0 Å². The number of amides is 1. The number of carbonyl (C=O) groups excluding carboxylic acids is 1. The van der Waals surface area contributed by atoms with E-state index in [1.807, 2.05) is 30.3 Å². The van der Waals surface area contributed by atoms with Gasteiger partial charge in [0.15, 0.2) is 5.82 Å². The van der Waals surface area contributed by atoms with Crippen LogP contribution in [0.25, 0.3) is 0 Å². The quantitative estimate of drug-likeness (QED) is 0.694. The molecule has 0 spiro atoms. The molecule has 2 N–H and O–H groups in total. The summed E-state index contributed by atoms with van der Waals surface area (Å²) >= 11 is 0. The second-order valence-electron chi connectivity index (χ2n) is 5.61. The summed E-state index contributed by atoms with van der Waals surface area (Å²) in [6.45, 7) is 1.87. The molecule has 0 radical (unpaired) electrons. The van der Waals surface area contributed by atoms with Crippen molar-refractivity contribution in [1.82, 2.24) is 9.88 Å². The van der Waals surface area contributed by atoms with Gasteiger partial charge in [-0.1, -0.05) is 41.6 Å². The largest absolute Gasteiger partial charge is 0.360 e. The number of hydrogen-bond donors (Lipinski definition) is 2. The highest BCUT2D eigenvalue weighted by atomic mass is 32.2. The van der Waals surface area contributed by atoms with Gasteiger partial charge in [-0.25, -0.2) is 13.1 Å². The van der Waals surface area contributed by atoms with Crippen molar-refractivity contribution in [1.29, 1.82) is 0 Å². The van der Waals surface area contributed by atoms with Crippen molar-refractivity contribution >= 4 is 21.7 Å². The van der Waals surface area contributed by atoms with Crippen LogP contribution in [0.15, 0.2) is 70.1 Å². The number of carbonyl (C=O) groups is 1. The Morgan fingerprint density at radius 3 is 2.54 bits per heavy atom. The Morgan fingerprint density at radius 2 is 1.85 bits per heavy atom. The van der Waals surface area contributed by atoms with Gasteiger partial charge in [0.05, 0.1) is 4.90 Å². The van der Waals surface area contributed by atoms with Crippen molar-refractivity contribution in [3.8, 4) is 0 Å². The second kappa shape index (κ2) is 7.51. The topological polar surface area (TPSA) is 101 Å². The van der Waals surface area contributed by atoms with Crippen LogP contribution in [0, 0.1) is 6.92 Å². The van der Waals surface area contributed by atoms with Gasteiger partial charge in [-0.2, -0.15) is 0 Å². The van der Waals surface area contributed by atoms with Gasteiger partial charge in [-0.05, 0) is 30.7 Å². The summed E-state index contributed by atoms with van der Waals surface area (Å²) in [6.07, 6.45) is 0. The molecule has 1 amide bonds. The van der Waals surface area contributed by atoms with Gasteiger partial charge in [-0.15, -0.1) is 0 Å². The first-order valence-corrected chi connectivity index (χ1v) is 9.31. The van der Waals surface area contributed by atoms with Crippen LogP contribution in [-0.2, 0) is 16.6 Å². The lowest BCUT2D eigenvalue weighted by Crippen LogP contribution is -2.23. The lowest BCUT2D eigenvalue weighted by Gasteiger charge is -2.08. The summed E-state index contributed by atoms with van der Waals surface area (Å²) in [6, 6.07) is 16.5. The maximum atomic E-state index is 12.5. The molecule has 3 aromatic rings. The molecule has 0 fully saturated rings. The zero-order valence-corrected chi connectivity index (χ0v) is 14.8. The first-order chi connectivity index (χ1) is 12.4. The molecule has 1 heterocycles. The highest BCUT2D eigenvalue weighted by Crippen LogP contribution is 2.14. The lowest BCUT2D eigenvalue weighted by molar-refractivity contribution is 0.102. The molecule has 1 aromatic heterocycles. The van der Waals surface area contributed by atoms with Crippen molar-refractivity contribution in [2.45, 2.75) is 18.4 Å². The molecule has 0 aliphatic rings. The zero-order chi connectivity index (χ0) is 18.6. The van der Waals surface area contributed by atoms with Crippen LogP contribution in [0.4, 0.5) is 5.82 Å². The maximum Gasteiger partial charge on any atom is 0.256 e. The number of aryl methyl sites for hydroxylation is 1. The third-order valence-electron chi connectivity index (χ3n) is 3.59. The fourth-order valence-electron chi connectivity index (χ4n) is 2.28. The molecular weight excluding hydrogens is 354 g/mol. The Hall–Kier alpha value is -2.97. The monoisotopic (exact) mass is 371 g/mol. The molecule has 2 aromatic carbocycles. The molecule has 0 atom stereocenters. The van der Waals surface area contributed by atoms with Crippen LogP contribution in [0.5, 0.6) is 0 Å². The molecule has 0 unspecified atom stereocenters. The van der Waals surface area contributed by atoms with Gasteiger partial charge in [0.2, 0.25) is 10.0 Å². The molecule has 8 heteroatoms. The van der Waals surface area contributed by atoms with E-state index in [0.29, 0.717) is 5.76 Å². The van der Waals surface area contributed by atoms with Gasteiger partial charge in [0.25, 0.3) is 5.91 Å². The Balaban J connectivity index is 1.74. The van der Waals surface area contributed by atoms with Crippen molar-refractivity contribution < 1.29 is 17.7 Å². The number of sulfonamides is 1. The Morgan fingerprint density at radius 1 is 1.08 bits per heavy atom. The van der Waals surface area contributed by atoms with E-state index in [9.17, 15) is 13.2 Å². The molecule has 0 aliphatic carbocycles. The molecule has 26 heavy (non-hydrogen) atoms. The fraction of sp³-hybridized carbons (Fsp3) is 0.111. The molecule has 0 saturated heterocycles. The number of aromatic nitrogens is 1. The predicted molar refractivity (Wildman–Crippen MR) is 96.1 cm³/mol. The summed E-state index contributed by atoms with van der Waals surface area (Å²) in [7, 11) is -3.75. The summed E-state index contributed by atoms with van der Waals surface area (Å²) < 4.78 is 32.4. The number of rotatable bonds is 6. The third kappa shape index (κ3) is 4.35. The van der Waals surface area contributed by atoms with Crippen LogP contribution >= 0.6 is 0 Å². The standard InChI is InChI=1S/C18H17N3O4S/c1-13-10-17(21-25-13)20-18(22)15-8-5-9-16(11-15)26(23,24)19-12-14-6-3-2-4-7-14/h2-11,19H,12H2,1H3,(H,20,21,22). The second-order valence-corrected chi connectivity index (χ2v) is 7.38. The van der Waals surface area contributed by atoms with E-state index in [1.54, 1.807) is 13.0 Å². The number of benzene rings is 2. The smallest absolute Gasteiger partial charge is 0.256 e. The average molecular weight is 371 g/mol. The van der Waals surface area contributed by atoms with E-state index in [4.69, 9.17) is 4.52 Å². The molecule has 134 valence electrons. The summed E-state index contributed by atoms with van der Waals surface area (Å²) in [5.41, 5.74) is 1.04. The number of anilines is 1. The van der Waals surface area contributed by atoms with Crippen LogP contribution in [0.2, 0.25) is 0 Å². The Bertz CT molecular complexity index is 1010. The summed E-state index contributed by atoms with van der Waals surface area (Å²) in [5, 5.41) is 6.23. The minimum Gasteiger partial charge on any atom is -0.360 e. The van der Waals surface area contributed by atoms with Crippen LogP contribution in [0.3, 0.4) is 0 Å². The van der Waals surface area contributed by atoms with Crippen LogP contribution < -0.4 is 10.0 Å². The summed E-state index contributed by atoms with van der Waals surface area (Å²) in [4.78, 5) is 12.3.